The SMILES string of the molecule is CCCCCCn1c(O)c(C(=O)c2ccc(F)cc2)c(C)c(C#N)c1=O. The molecular weight excluding hydrogens is 335 g/mol. The Morgan fingerprint density at radius 3 is 2.46 bits per heavy atom. The second kappa shape index (κ2) is 8.43. The van der Waals surface area contributed by atoms with Crippen molar-refractivity contribution in [1.82, 2.24) is 4.57 Å². The van der Waals surface area contributed by atoms with Crippen molar-refractivity contribution in [3.05, 3.63) is 62.7 Å². The molecule has 2 aromatic rings. The van der Waals surface area contributed by atoms with Gasteiger partial charge in [0.1, 0.15) is 17.4 Å². The highest BCUT2D eigenvalue weighted by molar-refractivity contribution is 6.11. The largest absolute Gasteiger partial charge is 0.494 e. The topological polar surface area (TPSA) is 83.1 Å². The van der Waals surface area contributed by atoms with Gasteiger partial charge in [-0.3, -0.25) is 14.2 Å². The summed E-state index contributed by atoms with van der Waals surface area (Å²) in [6, 6.07) is 6.73. The minimum absolute atomic E-state index is 0.0942. The summed E-state index contributed by atoms with van der Waals surface area (Å²) in [5.41, 5.74) is -0.555. The van der Waals surface area contributed by atoms with E-state index in [1.165, 1.54) is 19.1 Å². The van der Waals surface area contributed by atoms with E-state index in [1.54, 1.807) is 0 Å². The molecule has 0 aliphatic heterocycles. The zero-order valence-electron chi connectivity index (χ0n) is 14.9. The Bertz CT molecular complexity index is 909. The highest BCUT2D eigenvalue weighted by atomic mass is 19.1. The zero-order chi connectivity index (χ0) is 19.3. The predicted octanol–water partition coefficient (Wildman–Crippen LogP) is 3.68. The molecule has 6 heteroatoms. The van der Waals surface area contributed by atoms with Gasteiger partial charge in [0.2, 0.25) is 5.88 Å². The second-order valence-corrected chi connectivity index (χ2v) is 6.16. The van der Waals surface area contributed by atoms with Gasteiger partial charge >= 0.3 is 0 Å². The third kappa shape index (κ3) is 3.83. The van der Waals surface area contributed by atoms with E-state index in [-0.39, 0.29) is 28.8 Å². The molecule has 1 N–H and O–H groups in total. The van der Waals surface area contributed by atoms with Gasteiger partial charge in [-0.1, -0.05) is 26.2 Å². The smallest absolute Gasteiger partial charge is 0.271 e. The molecule has 5 nitrogen and oxygen atoms in total. The van der Waals surface area contributed by atoms with Gasteiger partial charge in [0.05, 0.1) is 5.56 Å². The van der Waals surface area contributed by atoms with Crippen molar-refractivity contribution < 1.29 is 14.3 Å². The molecule has 0 saturated carbocycles. The van der Waals surface area contributed by atoms with Crippen molar-refractivity contribution in [3.8, 4) is 11.9 Å². The van der Waals surface area contributed by atoms with Crippen LogP contribution in [0.2, 0.25) is 0 Å². The van der Waals surface area contributed by atoms with Crippen LogP contribution in [0.4, 0.5) is 4.39 Å². The molecule has 136 valence electrons. The number of rotatable bonds is 7. The van der Waals surface area contributed by atoms with Gasteiger partial charge in [-0.25, -0.2) is 4.39 Å². The summed E-state index contributed by atoms with van der Waals surface area (Å²) in [6.45, 7) is 3.74. The van der Waals surface area contributed by atoms with E-state index >= 15 is 0 Å². The third-order valence-corrected chi connectivity index (χ3v) is 4.37. The van der Waals surface area contributed by atoms with Gasteiger partial charge in [0, 0.05) is 12.1 Å². The lowest BCUT2D eigenvalue weighted by Crippen LogP contribution is -2.27. The van der Waals surface area contributed by atoms with Crippen LogP contribution in [0.5, 0.6) is 5.88 Å². The van der Waals surface area contributed by atoms with Crippen molar-refractivity contribution >= 4 is 5.78 Å². The van der Waals surface area contributed by atoms with Gasteiger partial charge < -0.3 is 5.11 Å². The van der Waals surface area contributed by atoms with E-state index in [9.17, 15) is 24.3 Å². The van der Waals surface area contributed by atoms with Crippen LogP contribution in [0.25, 0.3) is 0 Å². The lowest BCUT2D eigenvalue weighted by atomic mass is 9.97. The van der Waals surface area contributed by atoms with Gasteiger partial charge in [-0.05, 0) is 43.2 Å². The van der Waals surface area contributed by atoms with E-state index < -0.39 is 23.0 Å². The molecule has 26 heavy (non-hydrogen) atoms. The van der Waals surface area contributed by atoms with Crippen LogP contribution in [0.15, 0.2) is 29.1 Å². The minimum atomic E-state index is -0.602. The molecular formula is C20H21FN2O3. The maximum absolute atomic E-state index is 13.1. The molecule has 0 spiro atoms. The molecule has 0 bridgehead atoms. The quantitative estimate of drug-likeness (QED) is 0.606. The minimum Gasteiger partial charge on any atom is -0.494 e. The monoisotopic (exact) mass is 356 g/mol. The number of ketones is 1. The first kappa shape index (κ1) is 19.4. The third-order valence-electron chi connectivity index (χ3n) is 4.37. The Labute approximate surface area is 151 Å². The van der Waals surface area contributed by atoms with Crippen LogP contribution >= 0.6 is 0 Å². The van der Waals surface area contributed by atoms with Gasteiger partial charge in [-0.2, -0.15) is 5.26 Å². The molecule has 0 atom stereocenters. The van der Waals surface area contributed by atoms with Crippen molar-refractivity contribution in [2.24, 2.45) is 0 Å². The molecule has 0 aliphatic carbocycles. The number of halogens is 1. The first-order chi connectivity index (χ1) is 12.4. The molecule has 1 heterocycles. The Hall–Kier alpha value is -2.94. The van der Waals surface area contributed by atoms with Crippen molar-refractivity contribution in [1.29, 1.82) is 5.26 Å². The maximum atomic E-state index is 13.1. The zero-order valence-corrected chi connectivity index (χ0v) is 14.9. The summed E-state index contributed by atoms with van der Waals surface area (Å²) >= 11 is 0. The lowest BCUT2D eigenvalue weighted by Gasteiger charge is -2.15. The van der Waals surface area contributed by atoms with Gasteiger partial charge in [0.15, 0.2) is 5.78 Å². The summed E-state index contributed by atoms with van der Waals surface area (Å²) in [5, 5.41) is 19.9. The highest BCUT2D eigenvalue weighted by Gasteiger charge is 2.24. The van der Waals surface area contributed by atoms with Gasteiger partial charge in [-0.15, -0.1) is 0 Å². The normalized spacial score (nSPS) is 10.5. The maximum Gasteiger partial charge on any atom is 0.271 e. The predicted molar refractivity (Wildman–Crippen MR) is 95.8 cm³/mol. The molecule has 2 rings (SSSR count). The van der Waals surface area contributed by atoms with Crippen molar-refractivity contribution in [2.75, 3.05) is 0 Å². The Morgan fingerprint density at radius 2 is 1.88 bits per heavy atom. The van der Waals surface area contributed by atoms with Crippen LogP contribution in [-0.2, 0) is 6.54 Å². The Morgan fingerprint density at radius 1 is 1.23 bits per heavy atom. The molecule has 0 fully saturated rings. The lowest BCUT2D eigenvalue weighted by molar-refractivity contribution is 0.103. The van der Waals surface area contributed by atoms with Crippen molar-refractivity contribution in [3.63, 3.8) is 0 Å². The highest BCUT2D eigenvalue weighted by Crippen LogP contribution is 2.25. The molecule has 1 aromatic carbocycles. The van der Waals surface area contributed by atoms with E-state index in [2.05, 4.69) is 6.92 Å². The number of nitriles is 1. The van der Waals surface area contributed by atoms with E-state index in [1.807, 2.05) is 6.07 Å². The molecule has 0 unspecified atom stereocenters. The molecule has 0 amide bonds. The number of aromatic hydroxyl groups is 1. The van der Waals surface area contributed by atoms with E-state index in [4.69, 9.17) is 0 Å². The van der Waals surface area contributed by atoms with Crippen LogP contribution in [0.1, 0.15) is 59.7 Å². The fourth-order valence-electron chi connectivity index (χ4n) is 2.87. The van der Waals surface area contributed by atoms with Crippen molar-refractivity contribution in [2.45, 2.75) is 46.1 Å². The van der Waals surface area contributed by atoms with Crippen LogP contribution in [0, 0.1) is 24.1 Å². The number of carbonyl (C=O) groups excluding carboxylic acids is 1. The number of carbonyl (C=O) groups is 1. The molecule has 1 aromatic heterocycles. The second-order valence-electron chi connectivity index (χ2n) is 6.16. The van der Waals surface area contributed by atoms with Crippen LogP contribution in [0.3, 0.4) is 0 Å². The number of unbranched alkanes of at least 4 members (excludes halogenated alkanes) is 3. The summed E-state index contributed by atoms with van der Waals surface area (Å²) in [7, 11) is 0. The molecule has 0 radical (unpaired) electrons. The van der Waals surface area contributed by atoms with Gasteiger partial charge in [0.25, 0.3) is 5.56 Å². The summed E-state index contributed by atoms with van der Waals surface area (Å²) < 4.78 is 14.2. The average Bonchev–Trinajstić information content (AvgIpc) is 2.62. The molecule has 0 saturated heterocycles. The Balaban J connectivity index is 2.54. The van der Waals surface area contributed by atoms with E-state index in [0.717, 1.165) is 36.0 Å². The van der Waals surface area contributed by atoms with E-state index in [0.29, 0.717) is 6.42 Å². The number of hydrogen-bond donors (Lipinski definition) is 1. The summed E-state index contributed by atoms with van der Waals surface area (Å²) in [4.78, 5) is 25.3. The Kier molecular flexibility index (Phi) is 6.29. The molecule has 0 aliphatic rings. The first-order valence-corrected chi connectivity index (χ1v) is 8.59. The van der Waals surface area contributed by atoms with Crippen LogP contribution in [-0.4, -0.2) is 15.5 Å². The van der Waals surface area contributed by atoms with Crippen LogP contribution < -0.4 is 5.56 Å². The summed E-state index contributed by atoms with van der Waals surface area (Å²) in [5.74, 6) is -1.49. The first-order valence-electron chi connectivity index (χ1n) is 8.59. The number of hydrogen-bond acceptors (Lipinski definition) is 4. The number of benzene rings is 1. The average molecular weight is 356 g/mol. The number of nitrogens with zero attached hydrogens (tertiary/aromatic N) is 2. The fraction of sp³-hybridized carbons (Fsp3) is 0.350. The fourth-order valence-corrected chi connectivity index (χ4v) is 2.87. The standard InChI is InChI=1S/C20H21FN2O3/c1-3-4-5-6-11-23-19(25)16(12-22)13(2)17(20(23)26)18(24)14-7-9-15(21)10-8-14/h7-10,26H,3-6,11H2,1-2H3. The number of pyridine rings is 1. The summed E-state index contributed by atoms with van der Waals surface area (Å²) in [6.07, 6.45) is 3.54. The number of aromatic nitrogens is 1.